The number of nitriles is 1. The number of aromatic nitrogens is 3. The lowest BCUT2D eigenvalue weighted by atomic mass is 10.1. The van der Waals surface area contributed by atoms with Crippen molar-refractivity contribution in [3.63, 3.8) is 0 Å². The molecule has 3 heterocycles. The van der Waals surface area contributed by atoms with E-state index in [9.17, 15) is 5.26 Å². The molecule has 0 aliphatic rings. The number of aryl methyl sites for hydroxylation is 2. The van der Waals surface area contributed by atoms with Gasteiger partial charge >= 0.3 is 0 Å². The van der Waals surface area contributed by atoms with Crippen LogP contribution in [0.25, 0.3) is 27.7 Å². The molecule has 0 unspecified atom stereocenters. The van der Waals surface area contributed by atoms with Crippen LogP contribution >= 0.6 is 11.3 Å². The van der Waals surface area contributed by atoms with Crippen molar-refractivity contribution in [2.24, 2.45) is 0 Å². The zero-order valence-corrected chi connectivity index (χ0v) is 15.5. The molecule has 0 saturated heterocycles. The van der Waals surface area contributed by atoms with E-state index < -0.39 is 0 Å². The Morgan fingerprint density at radius 3 is 2.73 bits per heavy atom. The van der Waals surface area contributed by atoms with Crippen LogP contribution in [0.3, 0.4) is 0 Å². The summed E-state index contributed by atoms with van der Waals surface area (Å²) in [5, 5.41) is 14.5. The Morgan fingerprint density at radius 1 is 1.23 bits per heavy atom. The van der Waals surface area contributed by atoms with E-state index in [1.165, 1.54) is 11.3 Å². The lowest BCUT2D eigenvalue weighted by Gasteiger charge is -2.04. The summed E-state index contributed by atoms with van der Waals surface area (Å²) >= 11 is 1.53. The third-order valence-electron chi connectivity index (χ3n) is 4.26. The van der Waals surface area contributed by atoms with E-state index in [0.717, 1.165) is 43.8 Å². The molecule has 0 spiro atoms. The van der Waals surface area contributed by atoms with E-state index in [1.54, 1.807) is 0 Å². The van der Waals surface area contributed by atoms with Crippen molar-refractivity contribution in [1.82, 2.24) is 14.7 Å². The van der Waals surface area contributed by atoms with Crippen LogP contribution in [0.2, 0.25) is 0 Å². The topological polar surface area (TPSA) is 67.6 Å². The summed E-state index contributed by atoms with van der Waals surface area (Å²) in [5.74, 6) is 1.51. The molecule has 0 saturated carbocycles. The summed E-state index contributed by atoms with van der Waals surface area (Å²) in [6.45, 7) is 5.89. The summed E-state index contributed by atoms with van der Waals surface area (Å²) in [7, 11) is 0. The van der Waals surface area contributed by atoms with Crippen LogP contribution in [0.5, 0.6) is 0 Å². The molecule has 128 valence electrons. The first kappa shape index (κ1) is 16.3. The van der Waals surface area contributed by atoms with Crippen molar-refractivity contribution in [1.29, 1.82) is 5.26 Å². The van der Waals surface area contributed by atoms with Gasteiger partial charge in [0.1, 0.15) is 16.8 Å². The largest absolute Gasteiger partial charge is 0.360 e. The van der Waals surface area contributed by atoms with Gasteiger partial charge in [0, 0.05) is 17.5 Å². The van der Waals surface area contributed by atoms with E-state index in [2.05, 4.69) is 16.2 Å². The molecule has 0 radical (unpaired) electrons. The van der Waals surface area contributed by atoms with Gasteiger partial charge in [0.05, 0.1) is 15.8 Å². The van der Waals surface area contributed by atoms with E-state index in [0.29, 0.717) is 5.57 Å². The zero-order chi connectivity index (χ0) is 18.3. The summed E-state index contributed by atoms with van der Waals surface area (Å²) in [5.41, 5.74) is 4.48. The van der Waals surface area contributed by atoms with E-state index in [-0.39, 0.29) is 0 Å². The molecule has 0 aliphatic carbocycles. The average molecular weight is 360 g/mol. The Bertz CT molecular complexity index is 1150. The monoisotopic (exact) mass is 360 g/mol. The maximum Gasteiger partial charge on any atom is 0.180 e. The fourth-order valence-corrected chi connectivity index (χ4v) is 3.96. The van der Waals surface area contributed by atoms with Gasteiger partial charge < -0.3 is 4.52 Å². The minimum Gasteiger partial charge on any atom is -0.360 e. The van der Waals surface area contributed by atoms with Gasteiger partial charge in [0.15, 0.2) is 5.82 Å². The molecule has 6 heteroatoms. The molecular weight excluding hydrogens is 344 g/mol. The smallest absolute Gasteiger partial charge is 0.180 e. The van der Waals surface area contributed by atoms with Gasteiger partial charge in [0.25, 0.3) is 0 Å². The predicted octanol–water partition coefficient (Wildman–Crippen LogP) is 5.06. The van der Waals surface area contributed by atoms with Crippen molar-refractivity contribution in [3.05, 3.63) is 64.1 Å². The number of thiazole rings is 1. The van der Waals surface area contributed by atoms with Crippen molar-refractivity contribution in [3.8, 4) is 11.9 Å². The number of allylic oxidation sites excluding steroid dienone is 1. The van der Waals surface area contributed by atoms with Gasteiger partial charge in [0.2, 0.25) is 0 Å². The second-order valence-corrected chi connectivity index (χ2v) is 7.14. The van der Waals surface area contributed by atoms with Gasteiger partial charge in [-0.3, -0.25) is 4.57 Å². The molecule has 0 N–H and O–H groups in total. The number of para-hydroxylation sites is 1. The highest BCUT2D eigenvalue weighted by Gasteiger charge is 2.15. The van der Waals surface area contributed by atoms with Crippen LogP contribution in [-0.4, -0.2) is 14.7 Å². The van der Waals surface area contributed by atoms with Gasteiger partial charge in [-0.1, -0.05) is 17.3 Å². The normalized spacial score (nSPS) is 11.8. The lowest BCUT2D eigenvalue weighted by Crippen LogP contribution is -1.99. The van der Waals surface area contributed by atoms with Crippen molar-refractivity contribution in [2.45, 2.75) is 20.8 Å². The van der Waals surface area contributed by atoms with E-state index in [1.807, 2.05) is 67.8 Å². The third kappa shape index (κ3) is 2.72. The average Bonchev–Trinajstić information content (AvgIpc) is 3.30. The summed E-state index contributed by atoms with van der Waals surface area (Å²) in [6, 6.07) is 14.1. The highest BCUT2D eigenvalue weighted by molar-refractivity contribution is 7.19. The standard InChI is InChI=1S/C20H16N4OS/c1-12-8-15(14(3)24(12)19-9-13(2)25-23-19)10-16(11-21)20-22-17-6-4-5-7-18(17)26-20/h4-10H,1-3H3/b16-10+. The van der Waals surface area contributed by atoms with Gasteiger partial charge in [-0.2, -0.15) is 5.26 Å². The fourth-order valence-electron chi connectivity index (χ4n) is 3.03. The van der Waals surface area contributed by atoms with Crippen LogP contribution in [-0.2, 0) is 0 Å². The zero-order valence-electron chi connectivity index (χ0n) is 14.6. The highest BCUT2D eigenvalue weighted by Crippen LogP contribution is 2.29. The van der Waals surface area contributed by atoms with Crippen molar-refractivity contribution >= 4 is 33.2 Å². The number of hydrogen-bond donors (Lipinski definition) is 0. The first-order valence-electron chi connectivity index (χ1n) is 8.17. The van der Waals surface area contributed by atoms with E-state index in [4.69, 9.17) is 4.52 Å². The van der Waals surface area contributed by atoms with Crippen LogP contribution in [0.15, 0.2) is 40.9 Å². The molecule has 26 heavy (non-hydrogen) atoms. The lowest BCUT2D eigenvalue weighted by molar-refractivity contribution is 0.394. The maximum absolute atomic E-state index is 9.67. The summed E-state index contributed by atoms with van der Waals surface area (Å²) < 4.78 is 8.30. The molecular formula is C20H16N4OS. The molecule has 5 nitrogen and oxygen atoms in total. The van der Waals surface area contributed by atoms with Crippen LogP contribution in [0.4, 0.5) is 0 Å². The van der Waals surface area contributed by atoms with Crippen LogP contribution < -0.4 is 0 Å². The van der Waals surface area contributed by atoms with Gasteiger partial charge in [-0.05, 0) is 50.6 Å². The predicted molar refractivity (Wildman–Crippen MR) is 103 cm³/mol. The number of nitrogens with zero attached hydrogens (tertiary/aromatic N) is 4. The molecule has 0 aliphatic heterocycles. The second-order valence-electron chi connectivity index (χ2n) is 6.11. The minimum atomic E-state index is 0.558. The fraction of sp³-hybridized carbons (Fsp3) is 0.150. The number of benzene rings is 1. The summed E-state index contributed by atoms with van der Waals surface area (Å²) in [4.78, 5) is 4.59. The quantitative estimate of drug-likeness (QED) is 0.479. The Kier molecular flexibility index (Phi) is 3.94. The van der Waals surface area contributed by atoms with Crippen LogP contribution in [0.1, 0.15) is 27.7 Å². The molecule has 0 bridgehead atoms. The summed E-state index contributed by atoms with van der Waals surface area (Å²) in [6.07, 6.45) is 1.89. The Hall–Kier alpha value is -3.17. The maximum atomic E-state index is 9.67. The van der Waals surface area contributed by atoms with E-state index >= 15 is 0 Å². The number of hydrogen-bond acceptors (Lipinski definition) is 5. The Labute approximate surface area is 154 Å². The molecule has 0 amide bonds. The highest BCUT2D eigenvalue weighted by atomic mass is 32.1. The molecule has 1 aromatic carbocycles. The van der Waals surface area contributed by atoms with Gasteiger partial charge in [-0.15, -0.1) is 11.3 Å². The van der Waals surface area contributed by atoms with Crippen molar-refractivity contribution in [2.75, 3.05) is 0 Å². The van der Waals surface area contributed by atoms with Crippen molar-refractivity contribution < 1.29 is 4.52 Å². The third-order valence-corrected chi connectivity index (χ3v) is 5.33. The Balaban J connectivity index is 1.80. The molecule has 4 aromatic rings. The number of rotatable bonds is 3. The SMILES string of the molecule is Cc1cc(-n2c(C)cc(/C=C(\C#N)c3nc4ccccc4s3)c2C)no1. The van der Waals surface area contributed by atoms with Crippen LogP contribution in [0, 0.1) is 32.1 Å². The number of fused-ring (bicyclic) bond motifs is 1. The molecule has 4 rings (SSSR count). The first-order chi connectivity index (χ1) is 12.6. The van der Waals surface area contributed by atoms with Gasteiger partial charge in [-0.25, -0.2) is 4.98 Å². The molecule has 0 fully saturated rings. The molecule has 0 atom stereocenters. The first-order valence-corrected chi connectivity index (χ1v) is 8.99. The second kappa shape index (κ2) is 6.28. The molecule has 3 aromatic heterocycles. The minimum absolute atomic E-state index is 0.558. The Morgan fingerprint density at radius 2 is 2.04 bits per heavy atom.